The van der Waals surface area contributed by atoms with Gasteiger partial charge in [-0.05, 0) is 49.3 Å². The summed E-state index contributed by atoms with van der Waals surface area (Å²) in [6, 6.07) is 3.32. The van der Waals surface area contributed by atoms with E-state index < -0.39 is 23.8 Å². The van der Waals surface area contributed by atoms with E-state index in [9.17, 15) is 19.5 Å². The molecule has 0 unspecified atom stereocenters. The number of hydrogen-bond acceptors (Lipinski definition) is 4. The first-order chi connectivity index (χ1) is 13.7. The Morgan fingerprint density at radius 3 is 2.41 bits per heavy atom. The van der Waals surface area contributed by atoms with Gasteiger partial charge in [0.05, 0.1) is 10.6 Å². The van der Waals surface area contributed by atoms with Gasteiger partial charge in [-0.2, -0.15) is 0 Å². The van der Waals surface area contributed by atoms with E-state index in [1.165, 1.54) is 12.1 Å². The Hall–Kier alpha value is -1.63. The van der Waals surface area contributed by atoms with Crippen LogP contribution in [0.15, 0.2) is 18.2 Å². The first kappa shape index (κ1) is 23.6. The highest BCUT2D eigenvalue weighted by molar-refractivity contribution is 6.36. The Morgan fingerprint density at radius 2 is 1.83 bits per heavy atom. The van der Waals surface area contributed by atoms with Crippen molar-refractivity contribution in [2.45, 2.75) is 64.8 Å². The van der Waals surface area contributed by atoms with Crippen LogP contribution in [0, 0.1) is 11.8 Å². The van der Waals surface area contributed by atoms with E-state index in [2.05, 4.69) is 5.43 Å². The second kappa shape index (κ2) is 11.0. The highest BCUT2D eigenvalue weighted by atomic mass is 35.5. The van der Waals surface area contributed by atoms with E-state index in [0.717, 1.165) is 37.1 Å². The fourth-order valence-electron chi connectivity index (χ4n) is 3.59. The molecule has 6 nitrogen and oxygen atoms in total. The highest BCUT2D eigenvalue weighted by Gasteiger charge is 2.32. The van der Waals surface area contributed by atoms with E-state index in [0.29, 0.717) is 5.02 Å². The summed E-state index contributed by atoms with van der Waals surface area (Å²) in [5.41, 5.74) is 2.71. The number of carboxylic acid groups (broad SMARTS) is 1. The van der Waals surface area contributed by atoms with Gasteiger partial charge < -0.3 is 5.11 Å². The molecule has 2 rings (SSSR count). The number of nitrogens with zero attached hydrogens (tertiary/aromatic N) is 1. The van der Waals surface area contributed by atoms with Crippen molar-refractivity contribution >= 4 is 41.0 Å². The number of carbonyl (C=O) groups excluding carboxylic acids is 2. The monoisotopic (exact) mass is 442 g/mol. The average Bonchev–Trinajstić information content (AvgIpc) is 2.66. The molecule has 2 N–H and O–H groups in total. The molecule has 29 heavy (non-hydrogen) atoms. The Bertz CT molecular complexity index is 748. The molecule has 0 aliphatic heterocycles. The standard InChI is InChI=1S/C21H28Cl2N2O4/c1-13(2)10-18(21(28)29)24-25(19(26)11-14-6-4-3-5-7-14)20(27)16-12-15(22)8-9-17(16)23/h8-9,12-14,18,24H,3-7,10-11H2,1-2H3,(H,28,29)/t18-/m0/s1. The molecule has 0 aromatic heterocycles. The van der Waals surface area contributed by atoms with Crippen LogP contribution < -0.4 is 5.43 Å². The molecule has 1 saturated carbocycles. The van der Waals surface area contributed by atoms with Crippen molar-refractivity contribution in [1.29, 1.82) is 0 Å². The summed E-state index contributed by atoms with van der Waals surface area (Å²) in [6.45, 7) is 3.75. The van der Waals surface area contributed by atoms with Crippen LogP contribution in [0.5, 0.6) is 0 Å². The second-order valence-corrected chi connectivity index (χ2v) is 8.86. The molecule has 1 fully saturated rings. The molecule has 0 radical (unpaired) electrons. The van der Waals surface area contributed by atoms with Crippen LogP contribution in [-0.2, 0) is 9.59 Å². The van der Waals surface area contributed by atoms with Gasteiger partial charge in [-0.1, -0.05) is 56.3 Å². The largest absolute Gasteiger partial charge is 0.480 e. The molecule has 2 amide bonds. The predicted molar refractivity (Wildman–Crippen MR) is 113 cm³/mol. The maximum atomic E-state index is 13.2. The van der Waals surface area contributed by atoms with Gasteiger partial charge >= 0.3 is 5.97 Å². The maximum Gasteiger partial charge on any atom is 0.322 e. The van der Waals surface area contributed by atoms with Gasteiger partial charge in [0.25, 0.3) is 5.91 Å². The minimum Gasteiger partial charge on any atom is -0.480 e. The molecule has 160 valence electrons. The van der Waals surface area contributed by atoms with Crippen LogP contribution >= 0.6 is 23.2 Å². The quantitative estimate of drug-likeness (QED) is 0.556. The fourth-order valence-corrected chi connectivity index (χ4v) is 3.96. The van der Waals surface area contributed by atoms with Crippen molar-refractivity contribution < 1.29 is 19.5 Å². The Kier molecular flexibility index (Phi) is 8.93. The van der Waals surface area contributed by atoms with Crippen LogP contribution in [0.25, 0.3) is 0 Å². The van der Waals surface area contributed by atoms with E-state index in [-0.39, 0.29) is 35.3 Å². The summed E-state index contributed by atoms with van der Waals surface area (Å²) < 4.78 is 0. The zero-order valence-electron chi connectivity index (χ0n) is 16.8. The number of imide groups is 1. The van der Waals surface area contributed by atoms with Crippen LogP contribution in [0.1, 0.15) is 69.2 Å². The summed E-state index contributed by atoms with van der Waals surface area (Å²) in [4.78, 5) is 37.9. The van der Waals surface area contributed by atoms with Crippen molar-refractivity contribution in [3.8, 4) is 0 Å². The zero-order chi connectivity index (χ0) is 21.6. The normalized spacial score (nSPS) is 15.9. The lowest BCUT2D eigenvalue weighted by atomic mass is 9.87. The van der Waals surface area contributed by atoms with Crippen molar-refractivity contribution in [2.75, 3.05) is 0 Å². The average molecular weight is 443 g/mol. The lowest BCUT2D eigenvalue weighted by Crippen LogP contribution is -2.54. The summed E-state index contributed by atoms with van der Waals surface area (Å²) >= 11 is 12.2. The lowest BCUT2D eigenvalue weighted by Gasteiger charge is -2.29. The third-order valence-corrected chi connectivity index (χ3v) is 5.65. The first-order valence-electron chi connectivity index (χ1n) is 10.00. The van der Waals surface area contributed by atoms with E-state index in [4.69, 9.17) is 23.2 Å². The number of hydrogen-bond donors (Lipinski definition) is 2. The van der Waals surface area contributed by atoms with Crippen LogP contribution in [0.3, 0.4) is 0 Å². The zero-order valence-corrected chi connectivity index (χ0v) is 18.3. The number of rotatable bonds is 8. The van der Waals surface area contributed by atoms with Gasteiger partial charge in [-0.15, -0.1) is 0 Å². The number of carboxylic acids is 1. The van der Waals surface area contributed by atoms with Gasteiger partial charge in [-0.3, -0.25) is 14.4 Å². The van der Waals surface area contributed by atoms with Crippen molar-refractivity contribution in [1.82, 2.24) is 10.4 Å². The van der Waals surface area contributed by atoms with Crippen molar-refractivity contribution in [2.24, 2.45) is 11.8 Å². The summed E-state index contributed by atoms with van der Waals surface area (Å²) in [7, 11) is 0. The summed E-state index contributed by atoms with van der Waals surface area (Å²) in [6.07, 6.45) is 5.58. The number of aliphatic carboxylic acids is 1. The minimum atomic E-state index is -1.13. The molecule has 8 heteroatoms. The van der Waals surface area contributed by atoms with Crippen molar-refractivity contribution in [3.05, 3.63) is 33.8 Å². The number of hydrazine groups is 1. The second-order valence-electron chi connectivity index (χ2n) is 8.02. The smallest absolute Gasteiger partial charge is 0.322 e. The Balaban J connectivity index is 2.29. The van der Waals surface area contributed by atoms with E-state index in [1.807, 2.05) is 13.8 Å². The summed E-state index contributed by atoms with van der Waals surface area (Å²) in [5, 5.41) is 10.8. The van der Waals surface area contributed by atoms with Gasteiger partial charge in [0.15, 0.2) is 0 Å². The lowest BCUT2D eigenvalue weighted by molar-refractivity contribution is -0.143. The molecule has 0 heterocycles. The molecule has 1 aromatic rings. The fraction of sp³-hybridized carbons (Fsp3) is 0.571. The van der Waals surface area contributed by atoms with Crippen LogP contribution in [0.4, 0.5) is 0 Å². The number of halogens is 2. The third kappa shape index (κ3) is 6.98. The predicted octanol–water partition coefficient (Wildman–Crippen LogP) is 4.94. The van der Waals surface area contributed by atoms with Crippen LogP contribution in [0.2, 0.25) is 10.0 Å². The molecule has 0 spiro atoms. The van der Waals surface area contributed by atoms with E-state index >= 15 is 0 Å². The molecule has 1 aromatic carbocycles. The summed E-state index contributed by atoms with van der Waals surface area (Å²) in [5.74, 6) is -2.03. The van der Waals surface area contributed by atoms with E-state index in [1.54, 1.807) is 6.07 Å². The maximum absolute atomic E-state index is 13.2. The number of carbonyl (C=O) groups is 3. The minimum absolute atomic E-state index is 0.0531. The molecular formula is C21H28Cl2N2O4. The molecule has 0 saturated heterocycles. The van der Waals surface area contributed by atoms with Gasteiger partial charge in [-0.25, -0.2) is 10.4 Å². The van der Waals surface area contributed by atoms with Gasteiger partial charge in [0, 0.05) is 11.4 Å². The first-order valence-corrected chi connectivity index (χ1v) is 10.8. The molecule has 1 aliphatic rings. The Labute approximate surface area is 181 Å². The number of benzene rings is 1. The van der Waals surface area contributed by atoms with Crippen LogP contribution in [-0.4, -0.2) is 33.9 Å². The number of nitrogens with one attached hydrogen (secondary N) is 1. The molecule has 1 atom stereocenters. The van der Waals surface area contributed by atoms with Gasteiger partial charge in [0.1, 0.15) is 6.04 Å². The SMILES string of the molecule is CC(C)C[C@H](NN(C(=O)CC1CCCCC1)C(=O)c1cc(Cl)ccc1Cl)C(=O)O. The molecule has 1 aliphatic carbocycles. The number of amides is 2. The molecule has 0 bridgehead atoms. The third-order valence-electron chi connectivity index (χ3n) is 5.09. The van der Waals surface area contributed by atoms with Crippen molar-refractivity contribution in [3.63, 3.8) is 0 Å². The van der Waals surface area contributed by atoms with Gasteiger partial charge in [0.2, 0.25) is 5.91 Å². The topological polar surface area (TPSA) is 86.7 Å². The Morgan fingerprint density at radius 1 is 1.17 bits per heavy atom. The molecular weight excluding hydrogens is 415 g/mol. The highest BCUT2D eigenvalue weighted by Crippen LogP contribution is 2.28.